The number of carbonyl (C=O) groups excluding carboxylic acids is 1. The van der Waals surface area contributed by atoms with E-state index >= 15 is 0 Å². The standard InChI is InChI=1S/C22H29NO2/c1-12-10-21-11-15(24)17-20(2)4-3-5-22(17)16(21)9-13(12)8-14(21)18(22)23-6-7-25-19(20)23/h10,13-14,16-19H,3-9,11H2,1-2H3/t13-,14+,16+,17-,18+,19+,20+,21-,22+/m0/s1. The largest absolute Gasteiger partial charge is 0.361 e. The van der Waals surface area contributed by atoms with Gasteiger partial charge in [0.2, 0.25) is 0 Å². The van der Waals surface area contributed by atoms with Gasteiger partial charge >= 0.3 is 0 Å². The number of allylic oxidation sites excluding steroid dienone is 2. The Hall–Kier alpha value is -0.670. The number of carbonyl (C=O) groups is 1. The van der Waals surface area contributed by atoms with Crippen molar-refractivity contribution < 1.29 is 9.53 Å². The second-order valence-corrected chi connectivity index (χ2v) is 10.8. The van der Waals surface area contributed by atoms with Crippen LogP contribution in [0, 0.1) is 39.9 Å². The van der Waals surface area contributed by atoms with Gasteiger partial charge in [0.05, 0.1) is 6.61 Å². The molecule has 6 fully saturated rings. The average Bonchev–Trinajstić information content (AvgIpc) is 3.05. The minimum absolute atomic E-state index is 0.0550. The molecule has 0 N–H and O–H groups in total. The maximum Gasteiger partial charge on any atom is 0.138 e. The van der Waals surface area contributed by atoms with Crippen molar-refractivity contribution in [2.45, 2.75) is 64.6 Å². The molecule has 3 nitrogen and oxygen atoms in total. The Labute approximate surface area is 150 Å². The van der Waals surface area contributed by atoms with E-state index in [0.29, 0.717) is 17.7 Å². The summed E-state index contributed by atoms with van der Waals surface area (Å²) in [6, 6.07) is 0.615. The fourth-order valence-corrected chi connectivity index (χ4v) is 10.1. The summed E-state index contributed by atoms with van der Waals surface area (Å²) in [5.41, 5.74) is 2.12. The van der Waals surface area contributed by atoms with Gasteiger partial charge in [0, 0.05) is 41.2 Å². The molecule has 0 radical (unpaired) electrons. The summed E-state index contributed by atoms with van der Waals surface area (Å²) >= 11 is 0. The van der Waals surface area contributed by atoms with Crippen LogP contribution in [0.3, 0.4) is 0 Å². The first-order valence-corrected chi connectivity index (χ1v) is 10.6. The van der Waals surface area contributed by atoms with Crippen LogP contribution in [0.25, 0.3) is 0 Å². The van der Waals surface area contributed by atoms with E-state index in [1.54, 1.807) is 5.57 Å². The summed E-state index contributed by atoms with van der Waals surface area (Å²) in [5, 5.41) is 0. The molecule has 6 bridgehead atoms. The molecule has 0 amide bonds. The highest BCUT2D eigenvalue weighted by molar-refractivity contribution is 5.87. The Kier molecular flexibility index (Phi) is 2.27. The van der Waals surface area contributed by atoms with E-state index in [-0.39, 0.29) is 28.4 Å². The van der Waals surface area contributed by atoms with Crippen molar-refractivity contribution in [2.75, 3.05) is 13.2 Å². The number of Topliss-reactive ketones (excluding diaryl/α,β-unsaturated/α-hetero) is 1. The molecule has 8 rings (SSSR count). The van der Waals surface area contributed by atoms with E-state index < -0.39 is 0 Å². The molecule has 0 aromatic rings. The van der Waals surface area contributed by atoms with Crippen molar-refractivity contribution in [3.8, 4) is 0 Å². The summed E-state index contributed by atoms with van der Waals surface area (Å²) in [6.45, 7) is 6.72. The quantitative estimate of drug-likeness (QED) is 0.634. The SMILES string of the molecule is CC1=C[C@@]23CC(=O)[C@H]4[C@@]5(C)CCC[C@@]46[C@@H]2C[C@@H]1C[C@@H]3[C@H]6N1CCO[C@@H]15. The van der Waals surface area contributed by atoms with Gasteiger partial charge in [-0.2, -0.15) is 0 Å². The Morgan fingerprint density at radius 2 is 2.16 bits per heavy atom. The number of nitrogens with zero attached hydrogens (tertiary/aromatic N) is 1. The second kappa shape index (κ2) is 3.94. The molecule has 0 aromatic heterocycles. The third-order valence-corrected chi connectivity index (χ3v) is 10.3. The predicted octanol–water partition coefficient (Wildman–Crippen LogP) is 3.39. The molecule has 0 unspecified atom stereocenters. The summed E-state index contributed by atoms with van der Waals surface area (Å²) < 4.78 is 6.36. The lowest BCUT2D eigenvalue weighted by Crippen LogP contribution is -2.71. The van der Waals surface area contributed by atoms with Gasteiger partial charge < -0.3 is 4.74 Å². The van der Waals surface area contributed by atoms with Crippen LogP contribution in [0.1, 0.15) is 52.4 Å². The maximum absolute atomic E-state index is 13.7. The van der Waals surface area contributed by atoms with Gasteiger partial charge in [0.25, 0.3) is 0 Å². The molecule has 2 spiro atoms. The summed E-state index contributed by atoms with van der Waals surface area (Å²) in [7, 11) is 0. The van der Waals surface area contributed by atoms with Crippen molar-refractivity contribution in [3.63, 3.8) is 0 Å². The first-order chi connectivity index (χ1) is 12.0. The summed E-state index contributed by atoms with van der Waals surface area (Å²) in [5.74, 6) is 3.14. The molecule has 2 aliphatic heterocycles. The Morgan fingerprint density at radius 3 is 3.04 bits per heavy atom. The van der Waals surface area contributed by atoms with E-state index in [2.05, 4.69) is 24.8 Å². The van der Waals surface area contributed by atoms with Gasteiger partial charge in [-0.05, 0) is 50.4 Å². The number of ether oxygens (including phenoxy) is 1. The van der Waals surface area contributed by atoms with E-state index in [9.17, 15) is 4.79 Å². The number of fused-ring (bicyclic) bond motifs is 3. The maximum atomic E-state index is 13.7. The van der Waals surface area contributed by atoms with E-state index in [1.165, 1.54) is 32.1 Å². The average molecular weight is 339 g/mol. The highest BCUT2D eigenvalue weighted by Gasteiger charge is 2.82. The van der Waals surface area contributed by atoms with Crippen LogP contribution < -0.4 is 0 Å². The third-order valence-electron chi connectivity index (χ3n) is 10.3. The number of piperidine rings is 1. The lowest BCUT2D eigenvalue weighted by molar-refractivity contribution is -0.232. The number of hydrogen-bond acceptors (Lipinski definition) is 3. The lowest BCUT2D eigenvalue weighted by atomic mass is 9.40. The van der Waals surface area contributed by atoms with Crippen molar-refractivity contribution >= 4 is 5.78 Å². The van der Waals surface area contributed by atoms with Crippen molar-refractivity contribution in [1.29, 1.82) is 0 Å². The molecule has 3 heteroatoms. The van der Waals surface area contributed by atoms with Gasteiger partial charge in [-0.3, -0.25) is 9.69 Å². The summed E-state index contributed by atoms with van der Waals surface area (Å²) in [6.07, 6.45) is 10.2. The van der Waals surface area contributed by atoms with E-state index in [0.717, 1.165) is 31.4 Å². The molecule has 134 valence electrons. The van der Waals surface area contributed by atoms with Crippen LogP contribution in [-0.4, -0.2) is 36.1 Å². The van der Waals surface area contributed by atoms with Gasteiger partial charge in [-0.1, -0.05) is 25.0 Å². The second-order valence-electron chi connectivity index (χ2n) is 10.8. The van der Waals surface area contributed by atoms with Crippen molar-refractivity contribution in [2.24, 2.45) is 39.9 Å². The molecule has 6 aliphatic carbocycles. The van der Waals surface area contributed by atoms with Crippen molar-refractivity contribution in [3.05, 3.63) is 11.6 Å². The van der Waals surface area contributed by atoms with Crippen LogP contribution in [0.2, 0.25) is 0 Å². The highest BCUT2D eigenvalue weighted by Crippen LogP contribution is 2.81. The van der Waals surface area contributed by atoms with Crippen LogP contribution in [0.15, 0.2) is 11.6 Å². The highest BCUT2D eigenvalue weighted by atomic mass is 16.5. The van der Waals surface area contributed by atoms with Gasteiger partial charge in [0.15, 0.2) is 0 Å². The predicted molar refractivity (Wildman–Crippen MR) is 93.6 cm³/mol. The van der Waals surface area contributed by atoms with Crippen LogP contribution in [0.5, 0.6) is 0 Å². The van der Waals surface area contributed by atoms with Crippen LogP contribution in [-0.2, 0) is 9.53 Å². The number of ketones is 1. The molecule has 0 aromatic carbocycles. The van der Waals surface area contributed by atoms with Gasteiger partial charge in [-0.15, -0.1) is 0 Å². The zero-order valence-corrected chi connectivity index (χ0v) is 15.5. The van der Waals surface area contributed by atoms with E-state index in [1.807, 2.05) is 0 Å². The molecule has 2 saturated heterocycles. The molecule has 9 atom stereocenters. The van der Waals surface area contributed by atoms with Crippen molar-refractivity contribution in [1.82, 2.24) is 4.90 Å². The fourth-order valence-electron chi connectivity index (χ4n) is 10.1. The Balaban J connectivity index is 1.56. The molecule has 4 saturated carbocycles. The zero-order chi connectivity index (χ0) is 16.8. The normalized spacial score (nSPS) is 63.6. The lowest BCUT2D eigenvalue weighted by Gasteiger charge is -2.66. The first-order valence-electron chi connectivity index (χ1n) is 10.6. The smallest absolute Gasteiger partial charge is 0.138 e. The molecule has 8 aliphatic rings. The number of rotatable bonds is 0. The third kappa shape index (κ3) is 1.22. The monoisotopic (exact) mass is 339 g/mol. The molecular formula is C22H29NO2. The fraction of sp³-hybridized carbons (Fsp3) is 0.864. The van der Waals surface area contributed by atoms with Crippen LogP contribution in [0.4, 0.5) is 0 Å². The van der Waals surface area contributed by atoms with E-state index in [4.69, 9.17) is 4.74 Å². The molecule has 25 heavy (non-hydrogen) atoms. The number of hydrogen-bond donors (Lipinski definition) is 0. The molecular weight excluding hydrogens is 310 g/mol. The minimum atomic E-state index is 0.0550. The van der Waals surface area contributed by atoms with Crippen LogP contribution >= 0.6 is 0 Å². The van der Waals surface area contributed by atoms with Gasteiger partial charge in [0.1, 0.15) is 12.0 Å². The first kappa shape index (κ1) is 14.4. The summed E-state index contributed by atoms with van der Waals surface area (Å²) in [4.78, 5) is 16.5. The topological polar surface area (TPSA) is 29.5 Å². The minimum Gasteiger partial charge on any atom is -0.361 e. The Bertz CT molecular complexity index is 744. The Morgan fingerprint density at radius 1 is 1.28 bits per heavy atom. The van der Waals surface area contributed by atoms with Gasteiger partial charge in [-0.25, -0.2) is 0 Å². The zero-order valence-electron chi connectivity index (χ0n) is 15.5. The molecule has 2 heterocycles.